The summed E-state index contributed by atoms with van der Waals surface area (Å²) in [5.74, 6) is -1.18. The Balaban J connectivity index is 1.77. The van der Waals surface area contributed by atoms with Gasteiger partial charge in [0.05, 0.1) is 5.92 Å². The SMILES string of the molecule is C=C(N)/C=C(\C=C/C)C[C@H]1C(=O)N(C(=O)N2CCCC(c3ccc(Cl)cc3)C2)C1C(=O)NC. The van der Waals surface area contributed by atoms with Gasteiger partial charge >= 0.3 is 6.03 Å². The summed E-state index contributed by atoms with van der Waals surface area (Å²) >= 11 is 6.00. The molecular formula is C25H31ClN4O3. The number of carbonyl (C=O) groups excluding carboxylic acids is 3. The van der Waals surface area contributed by atoms with E-state index in [0.717, 1.165) is 28.9 Å². The van der Waals surface area contributed by atoms with Gasteiger partial charge in [0.2, 0.25) is 11.8 Å². The third kappa shape index (κ3) is 5.47. The Morgan fingerprint density at radius 1 is 1.30 bits per heavy atom. The molecule has 2 fully saturated rings. The van der Waals surface area contributed by atoms with Gasteiger partial charge in [-0.05, 0) is 55.5 Å². The minimum atomic E-state index is -0.856. The first kappa shape index (κ1) is 24.6. The Bertz CT molecular complexity index is 986. The van der Waals surface area contributed by atoms with Crippen molar-refractivity contribution in [1.82, 2.24) is 15.1 Å². The zero-order chi connectivity index (χ0) is 24.1. The summed E-state index contributed by atoms with van der Waals surface area (Å²) in [5, 5.41) is 3.26. The van der Waals surface area contributed by atoms with E-state index < -0.39 is 18.0 Å². The molecule has 33 heavy (non-hydrogen) atoms. The zero-order valence-electron chi connectivity index (χ0n) is 19.1. The molecule has 0 saturated carbocycles. The average Bonchev–Trinajstić information content (AvgIpc) is 2.80. The Morgan fingerprint density at radius 3 is 2.61 bits per heavy atom. The molecule has 2 aliphatic heterocycles. The van der Waals surface area contributed by atoms with E-state index in [1.807, 2.05) is 43.3 Å². The fourth-order valence-electron chi connectivity index (χ4n) is 4.60. The van der Waals surface area contributed by atoms with Crippen molar-refractivity contribution in [2.24, 2.45) is 11.7 Å². The van der Waals surface area contributed by atoms with Gasteiger partial charge in [-0.2, -0.15) is 0 Å². The molecule has 1 aromatic rings. The number of likely N-dealkylation sites (N-methyl/N-ethyl adjacent to an activating group) is 1. The molecule has 0 bridgehead atoms. The van der Waals surface area contributed by atoms with Crippen molar-refractivity contribution in [1.29, 1.82) is 0 Å². The molecule has 4 amide bonds. The van der Waals surface area contributed by atoms with Crippen LogP contribution in [0.3, 0.4) is 0 Å². The van der Waals surface area contributed by atoms with Crippen LogP contribution in [0.25, 0.3) is 0 Å². The van der Waals surface area contributed by atoms with Crippen molar-refractivity contribution in [3.8, 4) is 0 Å². The molecule has 2 aliphatic rings. The second-order valence-electron chi connectivity index (χ2n) is 8.49. The summed E-state index contributed by atoms with van der Waals surface area (Å²) in [6.45, 7) is 6.58. The number of benzene rings is 1. The number of urea groups is 1. The molecule has 7 nitrogen and oxygen atoms in total. The standard InChI is InChI=1S/C25H31ClN4O3/c1-4-6-17(13-16(2)27)14-21-22(23(31)28-3)30(24(21)32)25(33)29-12-5-7-19(15-29)18-8-10-20(26)11-9-18/h4,6,8-11,13,19,21-22H,2,5,7,12,14-15,27H2,1,3H3,(H,28,31)/b6-4-,17-13+/t19?,21-,22?/m1/s1. The summed E-state index contributed by atoms with van der Waals surface area (Å²) in [4.78, 5) is 41.9. The van der Waals surface area contributed by atoms with Crippen molar-refractivity contribution in [2.75, 3.05) is 20.1 Å². The van der Waals surface area contributed by atoms with Crippen LogP contribution in [0.2, 0.25) is 5.02 Å². The highest BCUT2D eigenvalue weighted by atomic mass is 35.5. The van der Waals surface area contributed by atoms with Gasteiger partial charge in [0.1, 0.15) is 6.04 Å². The maximum absolute atomic E-state index is 13.4. The second kappa shape index (κ2) is 10.7. The number of rotatable bonds is 6. The maximum atomic E-state index is 13.4. The summed E-state index contributed by atoms with van der Waals surface area (Å²) in [6.07, 6.45) is 7.41. The van der Waals surface area contributed by atoms with Crippen LogP contribution in [0.1, 0.15) is 37.7 Å². The molecule has 3 atom stereocenters. The van der Waals surface area contributed by atoms with E-state index >= 15 is 0 Å². The highest BCUT2D eigenvalue weighted by Crippen LogP contribution is 2.35. The van der Waals surface area contributed by atoms with Crippen molar-refractivity contribution < 1.29 is 14.4 Å². The Hall–Kier alpha value is -3.06. The molecule has 1 aromatic carbocycles. The van der Waals surface area contributed by atoms with Crippen LogP contribution in [0.4, 0.5) is 4.79 Å². The van der Waals surface area contributed by atoms with Gasteiger partial charge in [-0.1, -0.05) is 42.5 Å². The molecule has 0 aromatic heterocycles. The smallest absolute Gasteiger partial charge is 0.327 e. The monoisotopic (exact) mass is 470 g/mol. The number of allylic oxidation sites excluding steroid dienone is 4. The maximum Gasteiger partial charge on any atom is 0.327 e. The van der Waals surface area contributed by atoms with E-state index in [9.17, 15) is 14.4 Å². The Morgan fingerprint density at radius 2 is 2.00 bits per heavy atom. The number of carbonyl (C=O) groups is 3. The number of amides is 4. The molecule has 2 saturated heterocycles. The molecule has 2 heterocycles. The number of nitrogens with one attached hydrogen (secondary N) is 1. The normalized spacial score (nSPS) is 23.4. The fraction of sp³-hybridized carbons (Fsp3) is 0.400. The predicted molar refractivity (Wildman–Crippen MR) is 129 cm³/mol. The highest BCUT2D eigenvalue weighted by molar-refractivity contribution is 6.30. The van der Waals surface area contributed by atoms with Gasteiger partial charge < -0.3 is 16.0 Å². The lowest BCUT2D eigenvalue weighted by Crippen LogP contribution is -2.70. The zero-order valence-corrected chi connectivity index (χ0v) is 19.8. The van der Waals surface area contributed by atoms with E-state index in [-0.39, 0.29) is 17.7 Å². The molecule has 0 radical (unpaired) electrons. The van der Waals surface area contributed by atoms with Crippen LogP contribution in [0.15, 0.2) is 60.3 Å². The highest BCUT2D eigenvalue weighted by Gasteiger charge is 2.55. The van der Waals surface area contributed by atoms with Crippen molar-refractivity contribution >= 4 is 29.4 Å². The molecule has 176 valence electrons. The van der Waals surface area contributed by atoms with E-state index in [1.54, 1.807) is 11.0 Å². The number of nitrogens with two attached hydrogens (primary N) is 1. The van der Waals surface area contributed by atoms with Crippen LogP contribution < -0.4 is 11.1 Å². The Labute approximate surface area is 199 Å². The van der Waals surface area contributed by atoms with E-state index in [0.29, 0.717) is 30.2 Å². The van der Waals surface area contributed by atoms with Crippen LogP contribution in [-0.4, -0.2) is 53.8 Å². The lowest BCUT2D eigenvalue weighted by atomic mass is 9.81. The molecular weight excluding hydrogens is 440 g/mol. The number of likely N-dealkylation sites (tertiary alicyclic amines) is 2. The Kier molecular flexibility index (Phi) is 7.97. The number of β-lactam (4-membered cyclic amide) rings is 1. The molecule has 8 heteroatoms. The van der Waals surface area contributed by atoms with Gasteiger partial charge in [0, 0.05) is 36.8 Å². The first-order valence-electron chi connectivity index (χ1n) is 11.1. The van der Waals surface area contributed by atoms with Gasteiger partial charge in [0.15, 0.2) is 0 Å². The first-order valence-corrected chi connectivity index (χ1v) is 11.5. The number of imide groups is 1. The van der Waals surface area contributed by atoms with Crippen molar-refractivity contribution in [2.45, 2.75) is 38.1 Å². The number of hydrogen-bond acceptors (Lipinski definition) is 4. The van der Waals surface area contributed by atoms with E-state index in [1.165, 1.54) is 7.05 Å². The van der Waals surface area contributed by atoms with Gasteiger partial charge in [0.25, 0.3) is 0 Å². The topological polar surface area (TPSA) is 95.7 Å². The van der Waals surface area contributed by atoms with Crippen molar-refractivity contribution in [3.63, 3.8) is 0 Å². The predicted octanol–water partition coefficient (Wildman–Crippen LogP) is 3.58. The number of nitrogens with zero attached hydrogens (tertiary/aromatic N) is 2. The van der Waals surface area contributed by atoms with Crippen LogP contribution in [0.5, 0.6) is 0 Å². The number of piperidine rings is 1. The third-order valence-corrected chi connectivity index (χ3v) is 6.43. The molecule has 0 aliphatic carbocycles. The van der Waals surface area contributed by atoms with Crippen molar-refractivity contribution in [3.05, 3.63) is 70.9 Å². The average molecular weight is 471 g/mol. The summed E-state index contributed by atoms with van der Waals surface area (Å²) in [5.41, 5.74) is 7.96. The molecule has 2 unspecified atom stereocenters. The van der Waals surface area contributed by atoms with Crippen LogP contribution in [-0.2, 0) is 9.59 Å². The molecule has 3 N–H and O–H groups in total. The minimum Gasteiger partial charge on any atom is -0.399 e. The lowest BCUT2D eigenvalue weighted by molar-refractivity contribution is -0.158. The third-order valence-electron chi connectivity index (χ3n) is 6.18. The first-order chi connectivity index (χ1) is 15.8. The lowest BCUT2D eigenvalue weighted by Gasteiger charge is -2.47. The van der Waals surface area contributed by atoms with E-state index in [4.69, 9.17) is 17.3 Å². The summed E-state index contributed by atoms with van der Waals surface area (Å²) in [7, 11) is 1.51. The number of halogens is 1. The molecule has 3 rings (SSSR count). The second-order valence-corrected chi connectivity index (χ2v) is 8.93. The van der Waals surface area contributed by atoms with Gasteiger partial charge in [-0.15, -0.1) is 0 Å². The van der Waals surface area contributed by atoms with E-state index in [2.05, 4.69) is 11.9 Å². The van der Waals surface area contributed by atoms with Gasteiger partial charge in [-0.3, -0.25) is 14.5 Å². The molecule has 0 spiro atoms. The minimum absolute atomic E-state index is 0.158. The quantitative estimate of drug-likeness (QED) is 0.490. The largest absolute Gasteiger partial charge is 0.399 e. The van der Waals surface area contributed by atoms with Crippen LogP contribution >= 0.6 is 11.6 Å². The number of hydrogen-bond donors (Lipinski definition) is 2. The summed E-state index contributed by atoms with van der Waals surface area (Å²) in [6, 6.07) is 6.36. The van der Waals surface area contributed by atoms with Gasteiger partial charge in [-0.25, -0.2) is 4.79 Å². The summed E-state index contributed by atoms with van der Waals surface area (Å²) < 4.78 is 0. The van der Waals surface area contributed by atoms with Crippen LogP contribution in [0, 0.1) is 5.92 Å². The fourth-order valence-corrected chi connectivity index (χ4v) is 4.73.